The second kappa shape index (κ2) is 6.86. The molecule has 2 heterocycles. The van der Waals surface area contributed by atoms with Crippen LogP contribution in [0.5, 0.6) is 0 Å². The Morgan fingerprint density at radius 1 is 1.25 bits per heavy atom. The summed E-state index contributed by atoms with van der Waals surface area (Å²) in [6.07, 6.45) is 5.38. The van der Waals surface area contributed by atoms with Crippen molar-refractivity contribution in [2.24, 2.45) is 0 Å². The van der Waals surface area contributed by atoms with Crippen LogP contribution >= 0.6 is 11.6 Å². The maximum absolute atomic E-state index is 11.7. The normalized spacial score (nSPS) is 10.2. The van der Waals surface area contributed by atoms with E-state index in [2.05, 4.69) is 10.3 Å². The van der Waals surface area contributed by atoms with E-state index in [9.17, 15) is 9.59 Å². The molecular weight excluding hydrogens is 278 g/mol. The van der Waals surface area contributed by atoms with Crippen molar-refractivity contribution in [3.8, 4) is 0 Å². The highest BCUT2D eigenvalue weighted by Crippen LogP contribution is 2.03. The largest absolute Gasteiger partial charge is 0.352 e. The van der Waals surface area contributed by atoms with Crippen LogP contribution in [-0.4, -0.2) is 22.0 Å². The van der Waals surface area contributed by atoms with Gasteiger partial charge in [-0.15, -0.1) is 0 Å². The molecule has 0 unspecified atom stereocenters. The van der Waals surface area contributed by atoms with Crippen LogP contribution in [0.1, 0.15) is 16.8 Å². The topological polar surface area (TPSA) is 64.0 Å². The van der Waals surface area contributed by atoms with E-state index in [-0.39, 0.29) is 11.5 Å². The van der Waals surface area contributed by atoms with Gasteiger partial charge in [0.2, 0.25) is 0 Å². The number of aryl methyl sites for hydroxylation is 1. The van der Waals surface area contributed by atoms with Gasteiger partial charge in [0.25, 0.3) is 11.5 Å². The minimum Gasteiger partial charge on any atom is -0.352 e. The van der Waals surface area contributed by atoms with Gasteiger partial charge >= 0.3 is 0 Å². The van der Waals surface area contributed by atoms with Crippen LogP contribution < -0.4 is 10.9 Å². The summed E-state index contributed by atoms with van der Waals surface area (Å²) in [5, 5.41) is 3.31. The Kier molecular flexibility index (Phi) is 4.90. The van der Waals surface area contributed by atoms with Gasteiger partial charge in [-0.2, -0.15) is 0 Å². The molecule has 0 aliphatic heterocycles. The highest BCUT2D eigenvalue weighted by atomic mass is 35.5. The molecule has 5 nitrogen and oxygen atoms in total. The molecule has 0 spiro atoms. The summed E-state index contributed by atoms with van der Waals surface area (Å²) in [5.74, 6) is -0.147. The zero-order valence-corrected chi connectivity index (χ0v) is 11.5. The summed E-state index contributed by atoms with van der Waals surface area (Å²) >= 11 is 5.82. The number of aromatic nitrogens is 2. The lowest BCUT2D eigenvalue weighted by Gasteiger charge is -2.07. The van der Waals surface area contributed by atoms with Crippen molar-refractivity contribution >= 4 is 17.5 Å². The van der Waals surface area contributed by atoms with Crippen LogP contribution in [0.25, 0.3) is 0 Å². The van der Waals surface area contributed by atoms with E-state index < -0.39 is 0 Å². The molecule has 0 aliphatic rings. The van der Waals surface area contributed by atoms with Gasteiger partial charge in [-0.1, -0.05) is 11.6 Å². The van der Waals surface area contributed by atoms with E-state index in [1.807, 2.05) is 0 Å². The first-order valence-electron chi connectivity index (χ1n) is 6.21. The molecule has 2 aromatic heterocycles. The number of pyridine rings is 2. The molecule has 20 heavy (non-hydrogen) atoms. The number of carbonyl (C=O) groups is 1. The molecule has 104 valence electrons. The highest BCUT2D eigenvalue weighted by Gasteiger charge is 2.03. The van der Waals surface area contributed by atoms with Gasteiger partial charge in [0.05, 0.1) is 5.02 Å². The number of hydrogen-bond donors (Lipinski definition) is 1. The number of carbonyl (C=O) groups excluding carboxylic acids is 1. The Morgan fingerprint density at radius 3 is 2.75 bits per heavy atom. The molecule has 0 aliphatic carbocycles. The molecule has 0 aromatic carbocycles. The average molecular weight is 292 g/mol. The van der Waals surface area contributed by atoms with E-state index in [1.165, 1.54) is 10.6 Å². The molecule has 2 rings (SSSR count). The summed E-state index contributed by atoms with van der Waals surface area (Å²) in [7, 11) is 0. The predicted molar refractivity (Wildman–Crippen MR) is 76.9 cm³/mol. The summed E-state index contributed by atoms with van der Waals surface area (Å²) in [5.41, 5.74) is 0.467. The molecule has 1 N–H and O–H groups in total. The number of nitrogens with one attached hydrogen (secondary N) is 1. The molecule has 0 radical (unpaired) electrons. The Morgan fingerprint density at radius 2 is 2.00 bits per heavy atom. The van der Waals surface area contributed by atoms with Crippen molar-refractivity contribution in [3.63, 3.8) is 0 Å². The van der Waals surface area contributed by atoms with Gasteiger partial charge in [-0.05, 0) is 24.6 Å². The van der Waals surface area contributed by atoms with Gasteiger partial charge in [0.15, 0.2) is 0 Å². The van der Waals surface area contributed by atoms with Crippen LogP contribution in [0.3, 0.4) is 0 Å². The van der Waals surface area contributed by atoms with Crippen molar-refractivity contribution in [3.05, 3.63) is 63.8 Å². The van der Waals surface area contributed by atoms with E-state index in [0.717, 1.165) is 0 Å². The first-order valence-corrected chi connectivity index (χ1v) is 6.59. The van der Waals surface area contributed by atoms with Crippen LogP contribution in [-0.2, 0) is 6.54 Å². The molecule has 0 atom stereocenters. The van der Waals surface area contributed by atoms with Crippen LogP contribution in [0.15, 0.2) is 47.7 Å². The number of halogens is 1. The minimum atomic E-state index is -0.147. The van der Waals surface area contributed by atoms with E-state index in [0.29, 0.717) is 30.1 Å². The fourth-order valence-corrected chi connectivity index (χ4v) is 1.91. The molecule has 0 saturated heterocycles. The van der Waals surface area contributed by atoms with Crippen molar-refractivity contribution in [1.82, 2.24) is 14.9 Å². The van der Waals surface area contributed by atoms with Crippen LogP contribution in [0.4, 0.5) is 0 Å². The molecule has 2 aromatic rings. The van der Waals surface area contributed by atoms with E-state index in [1.54, 1.807) is 36.8 Å². The number of amides is 1. The van der Waals surface area contributed by atoms with Gasteiger partial charge < -0.3 is 9.88 Å². The average Bonchev–Trinajstić information content (AvgIpc) is 2.47. The van der Waals surface area contributed by atoms with E-state index in [4.69, 9.17) is 11.6 Å². The zero-order valence-electron chi connectivity index (χ0n) is 10.8. The van der Waals surface area contributed by atoms with Crippen molar-refractivity contribution in [1.29, 1.82) is 0 Å². The third-order valence-electron chi connectivity index (χ3n) is 2.75. The molecule has 0 bridgehead atoms. The number of rotatable bonds is 5. The fourth-order valence-electron chi connectivity index (χ4n) is 1.73. The quantitative estimate of drug-likeness (QED) is 0.853. The highest BCUT2D eigenvalue weighted by molar-refractivity contribution is 6.30. The Bertz CT molecular complexity index is 640. The number of nitrogens with zero attached hydrogens (tertiary/aromatic N) is 2. The lowest BCUT2D eigenvalue weighted by atomic mass is 10.2. The second-order valence-corrected chi connectivity index (χ2v) is 4.66. The molecular formula is C14H14ClN3O2. The SMILES string of the molecule is O=C(NCCCn1cc(Cl)ccc1=O)c1ccncc1. The molecule has 0 saturated carbocycles. The zero-order chi connectivity index (χ0) is 14.4. The first-order chi connectivity index (χ1) is 9.66. The molecule has 1 amide bonds. The monoisotopic (exact) mass is 291 g/mol. The maximum atomic E-state index is 11.7. The smallest absolute Gasteiger partial charge is 0.251 e. The lowest BCUT2D eigenvalue weighted by molar-refractivity contribution is 0.0952. The van der Waals surface area contributed by atoms with Gasteiger partial charge in [0.1, 0.15) is 0 Å². The minimum absolute atomic E-state index is 0.102. The lowest BCUT2D eigenvalue weighted by Crippen LogP contribution is -2.26. The standard InChI is InChI=1S/C14H14ClN3O2/c15-12-2-3-13(19)18(10-12)9-1-6-17-14(20)11-4-7-16-8-5-11/h2-5,7-8,10H,1,6,9H2,(H,17,20). The third-order valence-corrected chi connectivity index (χ3v) is 2.97. The van der Waals surface area contributed by atoms with Gasteiger partial charge in [-0.3, -0.25) is 14.6 Å². The first kappa shape index (κ1) is 14.3. The van der Waals surface area contributed by atoms with Gasteiger partial charge in [0, 0.05) is 43.3 Å². The van der Waals surface area contributed by atoms with E-state index >= 15 is 0 Å². The van der Waals surface area contributed by atoms with Gasteiger partial charge in [-0.25, -0.2) is 0 Å². The summed E-state index contributed by atoms with van der Waals surface area (Å²) in [6, 6.07) is 6.29. The fraction of sp³-hybridized carbons (Fsp3) is 0.214. The van der Waals surface area contributed by atoms with Crippen molar-refractivity contribution in [2.75, 3.05) is 6.54 Å². The molecule has 0 fully saturated rings. The number of hydrogen-bond acceptors (Lipinski definition) is 3. The van der Waals surface area contributed by atoms with Crippen LogP contribution in [0.2, 0.25) is 5.02 Å². The third kappa shape index (κ3) is 3.93. The summed E-state index contributed by atoms with van der Waals surface area (Å²) in [6.45, 7) is 0.996. The Hall–Kier alpha value is -2.14. The maximum Gasteiger partial charge on any atom is 0.251 e. The summed E-state index contributed by atoms with van der Waals surface area (Å²) < 4.78 is 1.53. The molecule has 6 heteroatoms. The van der Waals surface area contributed by atoms with Crippen LogP contribution in [0, 0.1) is 0 Å². The second-order valence-electron chi connectivity index (χ2n) is 4.22. The predicted octanol–water partition coefficient (Wildman–Crippen LogP) is 1.72. The summed E-state index contributed by atoms with van der Waals surface area (Å²) in [4.78, 5) is 27.1. The Balaban J connectivity index is 1.81. The van der Waals surface area contributed by atoms with Crippen molar-refractivity contribution in [2.45, 2.75) is 13.0 Å². The van der Waals surface area contributed by atoms with Crippen molar-refractivity contribution < 1.29 is 4.79 Å². The Labute approximate surface area is 121 Å².